The summed E-state index contributed by atoms with van der Waals surface area (Å²) in [5, 5.41) is 1.68. The standard InChI is InChI=1S/C16H14N2O2/c1-3-5-17-13-7-12-10-16(20)18(6-4-2)14(12)8-11(13)9-15(17)19/h3-4,7-10H,1-2,5-6H2. The molecular weight excluding hydrogens is 252 g/mol. The van der Waals surface area contributed by atoms with Crippen LogP contribution in [-0.4, -0.2) is 24.9 Å². The second-order valence-electron chi connectivity index (χ2n) is 4.73. The molecule has 0 radical (unpaired) electrons. The monoisotopic (exact) mass is 266 g/mol. The first kappa shape index (κ1) is 12.4. The van der Waals surface area contributed by atoms with Crippen molar-refractivity contribution in [2.45, 2.75) is 0 Å². The van der Waals surface area contributed by atoms with Gasteiger partial charge in [-0.15, -0.1) is 13.2 Å². The molecule has 4 nitrogen and oxygen atoms in total. The van der Waals surface area contributed by atoms with E-state index < -0.39 is 0 Å². The fourth-order valence-electron chi connectivity index (χ4n) is 2.60. The van der Waals surface area contributed by atoms with Crippen molar-refractivity contribution < 1.29 is 9.59 Å². The van der Waals surface area contributed by atoms with E-state index in [0.717, 1.165) is 21.8 Å². The zero-order valence-electron chi connectivity index (χ0n) is 11.0. The van der Waals surface area contributed by atoms with Gasteiger partial charge in [-0.25, -0.2) is 0 Å². The topological polar surface area (TPSA) is 40.6 Å². The zero-order chi connectivity index (χ0) is 14.3. The molecule has 1 aromatic carbocycles. The number of carbonyl (C=O) groups excluding carboxylic acids is 2. The molecule has 2 aliphatic rings. The van der Waals surface area contributed by atoms with Crippen molar-refractivity contribution in [3.8, 4) is 0 Å². The Bertz CT molecular complexity index is 696. The van der Waals surface area contributed by atoms with Crippen molar-refractivity contribution in [1.82, 2.24) is 0 Å². The maximum absolute atomic E-state index is 11.9. The van der Waals surface area contributed by atoms with Crippen molar-refractivity contribution in [3.63, 3.8) is 0 Å². The summed E-state index contributed by atoms with van der Waals surface area (Å²) >= 11 is 0. The van der Waals surface area contributed by atoms with E-state index in [1.54, 1.807) is 34.1 Å². The van der Waals surface area contributed by atoms with Gasteiger partial charge in [-0.2, -0.15) is 0 Å². The van der Waals surface area contributed by atoms with Gasteiger partial charge in [0.1, 0.15) is 0 Å². The Morgan fingerprint density at radius 1 is 0.850 bits per heavy atom. The predicted molar refractivity (Wildman–Crippen MR) is 79.7 cm³/mol. The molecule has 0 N–H and O–H groups in total. The molecule has 0 bridgehead atoms. The SMILES string of the molecule is C=CCN1C(=O)C=c2cc3c(cc21)=CC(=O)N3CC=C. The highest BCUT2D eigenvalue weighted by Crippen LogP contribution is 2.19. The van der Waals surface area contributed by atoms with Gasteiger partial charge in [0, 0.05) is 35.7 Å². The average Bonchev–Trinajstić information content (AvgIpc) is 2.87. The van der Waals surface area contributed by atoms with E-state index in [1.807, 2.05) is 12.1 Å². The third kappa shape index (κ3) is 1.69. The molecule has 2 amide bonds. The largest absolute Gasteiger partial charge is 0.304 e. The molecule has 0 aliphatic carbocycles. The van der Waals surface area contributed by atoms with Gasteiger partial charge >= 0.3 is 0 Å². The number of rotatable bonds is 4. The normalized spacial score (nSPS) is 15.6. The molecule has 4 heteroatoms. The number of hydrogen-bond acceptors (Lipinski definition) is 2. The van der Waals surface area contributed by atoms with Crippen LogP contribution in [-0.2, 0) is 9.59 Å². The Kier molecular flexibility index (Phi) is 2.79. The molecule has 0 unspecified atom stereocenters. The number of benzene rings is 1. The van der Waals surface area contributed by atoms with Crippen LogP contribution in [0.4, 0.5) is 11.4 Å². The number of fused-ring (bicyclic) bond motifs is 2. The summed E-state index contributed by atoms with van der Waals surface area (Å²) in [6.07, 6.45) is 6.56. The van der Waals surface area contributed by atoms with Gasteiger partial charge in [0.2, 0.25) is 0 Å². The smallest absolute Gasteiger partial charge is 0.251 e. The molecule has 0 spiro atoms. The van der Waals surface area contributed by atoms with Crippen molar-refractivity contribution >= 4 is 35.3 Å². The van der Waals surface area contributed by atoms with Gasteiger partial charge in [-0.05, 0) is 12.1 Å². The molecule has 0 atom stereocenters. The first-order valence-corrected chi connectivity index (χ1v) is 6.38. The highest BCUT2D eigenvalue weighted by molar-refractivity contribution is 6.21. The molecule has 0 aromatic heterocycles. The van der Waals surface area contributed by atoms with E-state index in [9.17, 15) is 9.59 Å². The molecule has 0 fully saturated rings. The van der Waals surface area contributed by atoms with Gasteiger partial charge < -0.3 is 9.80 Å². The summed E-state index contributed by atoms with van der Waals surface area (Å²) in [6.45, 7) is 8.25. The van der Waals surface area contributed by atoms with Crippen LogP contribution in [0.25, 0.3) is 12.2 Å². The molecule has 2 aliphatic heterocycles. The van der Waals surface area contributed by atoms with E-state index >= 15 is 0 Å². The number of hydrogen-bond donors (Lipinski definition) is 0. The Balaban J connectivity index is 2.15. The lowest BCUT2D eigenvalue weighted by atomic mass is 10.2. The molecule has 2 heterocycles. The van der Waals surface area contributed by atoms with Crippen molar-refractivity contribution in [1.29, 1.82) is 0 Å². The van der Waals surface area contributed by atoms with Gasteiger partial charge in [0.25, 0.3) is 11.8 Å². The lowest BCUT2D eigenvalue weighted by Crippen LogP contribution is -2.29. The molecule has 1 aromatic rings. The fourth-order valence-corrected chi connectivity index (χ4v) is 2.60. The lowest BCUT2D eigenvalue weighted by Gasteiger charge is -2.18. The van der Waals surface area contributed by atoms with Crippen LogP contribution in [0.1, 0.15) is 0 Å². The Hall–Kier alpha value is -2.62. The van der Waals surface area contributed by atoms with E-state index in [-0.39, 0.29) is 11.8 Å². The van der Waals surface area contributed by atoms with Crippen LogP contribution < -0.4 is 20.2 Å². The quantitative estimate of drug-likeness (QED) is 0.736. The summed E-state index contributed by atoms with van der Waals surface area (Å²) in [5.74, 6) is -0.102. The first-order chi connectivity index (χ1) is 9.65. The Labute approximate surface area is 116 Å². The Morgan fingerprint density at radius 2 is 1.25 bits per heavy atom. The molecule has 100 valence electrons. The van der Waals surface area contributed by atoms with Gasteiger partial charge in [-0.1, -0.05) is 12.2 Å². The van der Waals surface area contributed by atoms with Crippen molar-refractivity contribution in [3.05, 3.63) is 47.9 Å². The second-order valence-corrected chi connectivity index (χ2v) is 4.73. The average molecular weight is 266 g/mol. The third-order valence-corrected chi connectivity index (χ3v) is 3.47. The van der Waals surface area contributed by atoms with E-state index in [1.165, 1.54) is 0 Å². The van der Waals surface area contributed by atoms with Gasteiger partial charge in [-0.3, -0.25) is 9.59 Å². The molecule has 3 rings (SSSR count). The highest BCUT2D eigenvalue weighted by Gasteiger charge is 2.25. The Morgan fingerprint density at radius 3 is 1.60 bits per heavy atom. The van der Waals surface area contributed by atoms with Gasteiger partial charge in [0.15, 0.2) is 0 Å². The summed E-state index contributed by atoms with van der Waals surface area (Å²) in [7, 11) is 0. The number of anilines is 2. The molecular formula is C16H14N2O2. The lowest BCUT2D eigenvalue weighted by molar-refractivity contribution is -0.113. The van der Waals surface area contributed by atoms with Gasteiger partial charge in [0.05, 0.1) is 11.4 Å². The summed E-state index contributed by atoms with van der Waals surface area (Å²) in [6, 6.07) is 3.77. The van der Waals surface area contributed by atoms with Crippen molar-refractivity contribution in [2.75, 3.05) is 22.9 Å². The zero-order valence-corrected chi connectivity index (χ0v) is 11.0. The van der Waals surface area contributed by atoms with Crippen LogP contribution in [0, 0.1) is 0 Å². The van der Waals surface area contributed by atoms with E-state index in [2.05, 4.69) is 13.2 Å². The number of amides is 2. The van der Waals surface area contributed by atoms with Crippen LogP contribution in [0.3, 0.4) is 0 Å². The maximum atomic E-state index is 11.9. The summed E-state index contributed by atoms with van der Waals surface area (Å²) in [4.78, 5) is 27.2. The fraction of sp³-hybridized carbons (Fsp3) is 0.125. The van der Waals surface area contributed by atoms with Crippen LogP contribution >= 0.6 is 0 Å². The highest BCUT2D eigenvalue weighted by atomic mass is 16.2. The maximum Gasteiger partial charge on any atom is 0.251 e. The van der Waals surface area contributed by atoms with E-state index in [0.29, 0.717) is 13.1 Å². The third-order valence-electron chi connectivity index (χ3n) is 3.47. The van der Waals surface area contributed by atoms with E-state index in [4.69, 9.17) is 0 Å². The number of carbonyl (C=O) groups is 2. The molecule has 0 saturated carbocycles. The van der Waals surface area contributed by atoms with Crippen LogP contribution in [0.15, 0.2) is 37.4 Å². The molecule has 20 heavy (non-hydrogen) atoms. The molecule has 0 saturated heterocycles. The van der Waals surface area contributed by atoms with Crippen LogP contribution in [0.2, 0.25) is 0 Å². The number of nitrogens with zero attached hydrogens (tertiary/aromatic N) is 2. The first-order valence-electron chi connectivity index (χ1n) is 6.38. The minimum atomic E-state index is -0.0508. The summed E-state index contributed by atoms with van der Waals surface area (Å²) < 4.78 is 0. The minimum absolute atomic E-state index is 0.0508. The van der Waals surface area contributed by atoms with Crippen LogP contribution in [0.5, 0.6) is 0 Å². The predicted octanol–water partition coefficient (Wildman–Crippen LogP) is 0.313. The van der Waals surface area contributed by atoms with Crippen molar-refractivity contribution in [2.24, 2.45) is 0 Å². The minimum Gasteiger partial charge on any atom is -0.304 e. The summed E-state index contributed by atoms with van der Waals surface area (Å²) in [5.41, 5.74) is 1.66. The second kappa shape index (κ2) is 4.49.